The van der Waals surface area contributed by atoms with Crippen LogP contribution in [0.3, 0.4) is 0 Å². The van der Waals surface area contributed by atoms with Gasteiger partial charge in [-0.15, -0.1) is 11.8 Å². The zero-order valence-corrected chi connectivity index (χ0v) is 10.6. The lowest BCUT2D eigenvalue weighted by atomic mass is 10.2. The second-order valence-corrected chi connectivity index (χ2v) is 5.17. The van der Waals surface area contributed by atoms with E-state index in [1.54, 1.807) is 11.8 Å². The molecular weight excluding hydrogens is 252 g/mol. The van der Waals surface area contributed by atoms with Gasteiger partial charge in [0.25, 0.3) is 0 Å². The van der Waals surface area contributed by atoms with Crippen LogP contribution in [0.4, 0.5) is 0 Å². The number of benzene rings is 1. The van der Waals surface area contributed by atoms with Gasteiger partial charge in [-0.1, -0.05) is 12.1 Å². The molecule has 2 N–H and O–H groups in total. The zero-order chi connectivity index (χ0) is 12.4. The largest absolute Gasteiger partial charge is 0.454 e. The molecule has 1 aromatic rings. The predicted octanol–water partition coefficient (Wildman–Crippen LogP) is 0.694. The van der Waals surface area contributed by atoms with Crippen molar-refractivity contribution in [3.63, 3.8) is 0 Å². The standard InChI is InChI=1S/C12H14N2O3S/c15-12(9-5-18-6-14-9)13-4-8-2-1-3-10-11(8)17-7-16-10/h1-3,9,14H,4-7H2,(H,13,15). The minimum atomic E-state index is -0.0797. The number of hydrogen-bond donors (Lipinski definition) is 2. The van der Waals surface area contributed by atoms with Crippen LogP contribution < -0.4 is 20.1 Å². The van der Waals surface area contributed by atoms with Crippen molar-refractivity contribution < 1.29 is 14.3 Å². The second kappa shape index (κ2) is 5.07. The summed E-state index contributed by atoms with van der Waals surface area (Å²) in [5.41, 5.74) is 0.948. The highest BCUT2D eigenvalue weighted by Gasteiger charge is 2.23. The van der Waals surface area contributed by atoms with Gasteiger partial charge in [0.05, 0.1) is 6.04 Å². The van der Waals surface area contributed by atoms with Crippen LogP contribution in [0.15, 0.2) is 18.2 Å². The molecule has 1 atom stereocenters. The molecule has 6 heteroatoms. The fraction of sp³-hybridized carbons (Fsp3) is 0.417. The average Bonchev–Trinajstić information content (AvgIpc) is 3.05. The summed E-state index contributed by atoms with van der Waals surface area (Å²) in [6.45, 7) is 0.718. The number of para-hydroxylation sites is 1. The van der Waals surface area contributed by atoms with E-state index in [0.29, 0.717) is 6.54 Å². The molecule has 18 heavy (non-hydrogen) atoms. The van der Waals surface area contributed by atoms with E-state index in [0.717, 1.165) is 28.7 Å². The molecule has 2 aliphatic heterocycles. The summed E-state index contributed by atoms with van der Waals surface area (Å²) in [6, 6.07) is 5.62. The molecule has 0 aliphatic carbocycles. The second-order valence-electron chi connectivity index (χ2n) is 4.14. The van der Waals surface area contributed by atoms with E-state index in [4.69, 9.17) is 9.47 Å². The van der Waals surface area contributed by atoms with Crippen LogP contribution in [0.1, 0.15) is 5.56 Å². The SMILES string of the molecule is O=C(NCc1cccc2c1OCO2)C1CSCN1. The van der Waals surface area contributed by atoms with Gasteiger partial charge in [0.1, 0.15) is 0 Å². The first kappa shape index (κ1) is 11.7. The molecule has 2 heterocycles. The molecule has 0 saturated carbocycles. The Hall–Kier alpha value is -1.40. The molecule has 0 bridgehead atoms. The molecule has 1 aromatic carbocycles. The Balaban J connectivity index is 1.63. The van der Waals surface area contributed by atoms with Gasteiger partial charge >= 0.3 is 0 Å². The van der Waals surface area contributed by atoms with Crippen molar-refractivity contribution in [3.8, 4) is 11.5 Å². The summed E-state index contributed by atoms with van der Waals surface area (Å²) in [5, 5.41) is 6.06. The number of nitrogens with one attached hydrogen (secondary N) is 2. The van der Waals surface area contributed by atoms with E-state index in [1.807, 2.05) is 18.2 Å². The van der Waals surface area contributed by atoms with Crippen LogP contribution in [0.5, 0.6) is 11.5 Å². The summed E-state index contributed by atoms with van der Waals surface area (Å²) < 4.78 is 10.7. The van der Waals surface area contributed by atoms with E-state index in [-0.39, 0.29) is 18.7 Å². The maximum absolute atomic E-state index is 11.9. The Labute approximate surface area is 109 Å². The van der Waals surface area contributed by atoms with E-state index in [1.165, 1.54) is 0 Å². The zero-order valence-electron chi connectivity index (χ0n) is 9.77. The molecule has 5 nitrogen and oxygen atoms in total. The van der Waals surface area contributed by atoms with Crippen molar-refractivity contribution in [1.29, 1.82) is 0 Å². The fourth-order valence-corrected chi connectivity index (χ4v) is 2.94. The number of hydrogen-bond acceptors (Lipinski definition) is 5. The fourth-order valence-electron chi connectivity index (χ4n) is 2.00. The van der Waals surface area contributed by atoms with Gasteiger partial charge in [-0.2, -0.15) is 0 Å². The van der Waals surface area contributed by atoms with Crippen molar-refractivity contribution in [1.82, 2.24) is 10.6 Å². The topological polar surface area (TPSA) is 59.6 Å². The van der Waals surface area contributed by atoms with Crippen molar-refractivity contribution in [3.05, 3.63) is 23.8 Å². The van der Waals surface area contributed by atoms with Gasteiger partial charge in [0, 0.05) is 23.7 Å². The van der Waals surface area contributed by atoms with Gasteiger partial charge < -0.3 is 14.8 Å². The van der Waals surface area contributed by atoms with E-state index in [2.05, 4.69) is 10.6 Å². The Kier molecular flexibility index (Phi) is 3.29. The molecule has 0 spiro atoms. The number of ether oxygens (including phenoxy) is 2. The molecule has 2 aliphatic rings. The van der Waals surface area contributed by atoms with E-state index >= 15 is 0 Å². The number of fused-ring (bicyclic) bond motifs is 1. The molecule has 0 radical (unpaired) electrons. The van der Waals surface area contributed by atoms with Crippen LogP contribution in [-0.2, 0) is 11.3 Å². The van der Waals surface area contributed by atoms with Crippen molar-refractivity contribution in [2.75, 3.05) is 18.4 Å². The van der Waals surface area contributed by atoms with E-state index < -0.39 is 0 Å². The van der Waals surface area contributed by atoms with Gasteiger partial charge in [-0.3, -0.25) is 10.1 Å². The molecule has 0 aromatic heterocycles. The van der Waals surface area contributed by atoms with Gasteiger partial charge in [-0.25, -0.2) is 0 Å². The first-order valence-corrected chi connectivity index (χ1v) is 6.96. The summed E-state index contributed by atoms with van der Waals surface area (Å²) in [7, 11) is 0. The van der Waals surface area contributed by atoms with Gasteiger partial charge in [0.15, 0.2) is 11.5 Å². The third-order valence-electron chi connectivity index (χ3n) is 2.96. The Bertz CT molecular complexity index is 461. The molecular formula is C12H14N2O3S. The Morgan fingerprint density at radius 2 is 2.44 bits per heavy atom. The highest BCUT2D eigenvalue weighted by atomic mass is 32.2. The number of rotatable bonds is 3. The summed E-state index contributed by atoms with van der Waals surface area (Å²) in [4.78, 5) is 11.9. The molecule has 1 fully saturated rings. The number of carbonyl (C=O) groups excluding carboxylic acids is 1. The van der Waals surface area contributed by atoms with Crippen LogP contribution in [0.25, 0.3) is 0 Å². The molecule has 1 saturated heterocycles. The monoisotopic (exact) mass is 266 g/mol. The normalized spacial score (nSPS) is 21.0. The minimum Gasteiger partial charge on any atom is -0.454 e. The van der Waals surface area contributed by atoms with Crippen LogP contribution in [0, 0.1) is 0 Å². The molecule has 3 rings (SSSR count). The van der Waals surface area contributed by atoms with Crippen LogP contribution in [-0.4, -0.2) is 30.4 Å². The Morgan fingerprint density at radius 3 is 3.28 bits per heavy atom. The summed E-state index contributed by atoms with van der Waals surface area (Å²) in [5.74, 6) is 3.20. The van der Waals surface area contributed by atoms with Crippen LogP contribution >= 0.6 is 11.8 Å². The lowest BCUT2D eigenvalue weighted by Gasteiger charge is -2.11. The molecule has 1 unspecified atom stereocenters. The summed E-state index contributed by atoms with van der Waals surface area (Å²) >= 11 is 1.74. The van der Waals surface area contributed by atoms with Crippen LogP contribution in [0.2, 0.25) is 0 Å². The maximum atomic E-state index is 11.9. The van der Waals surface area contributed by atoms with Gasteiger partial charge in [-0.05, 0) is 6.07 Å². The predicted molar refractivity (Wildman–Crippen MR) is 68.7 cm³/mol. The first-order valence-electron chi connectivity index (χ1n) is 5.81. The lowest BCUT2D eigenvalue weighted by molar-refractivity contribution is -0.122. The maximum Gasteiger partial charge on any atom is 0.238 e. The Morgan fingerprint density at radius 1 is 1.50 bits per heavy atom. The average molecular weight is 266 g/mol. The lowest BCUT2D eigenvalue weighted by Crippen LogP contribution is -2.41. The minimum absolute atomic E-state index is 0.0384. The number of amides is 1. The smallest absolute Gasteiger partial charge is 0.238 e. The van der Waals surface area contributed by atoms with Gasteiger partial charge in [0.2, 0.25) is 12.7 Å². The van der Waals surface area contributed by atoms with Crippen molar-refractivity contribution in [2.45, 2.75) is 12.6 Å². The quantitative estimate of drug-likeness (QED) is 0.843. The van der Waals surface area contributed by atoms with E-state index in [9.17, 15) is 4.79 Å². The number of thioether (sulfide) groups is 1. The first-order chi connectivity index (χ1) is 8.84. The highest BCUT2D eigenvalue weighted by Crippen LogP contribution is 2.35. The van der Waals surface area contributed by atoms with Crippen molar-refractivity contribution >= 4 is 17.7 Å². The summed E-state index contributed by atoms with van der Waals surface area (Å²) in [6.07, 6.45) is 0. The highest BCUT2D eigenvalue weighted by molar-refractivity contribution is 7.99. The molecule has 1 amide bonds. The van der Waals surface area contributed by atoms with Crippen molar-refractivity contribution in [2.24, 2.45) is 0 Å². The number of carbonyl (C=O) groups is 1. The third kappa shape index (κ3) is 2.26. The third-order valence-corrected chi connectivity index (χ3v) is 3.90. The molecule has 96 valence electrons.